The number of hydrogen-bond donors (Lipinski definition) is 2. The summed E-state index contributed by atoms with van der Waals surface area (Å²) in [4.78, 5) is 55.1. The number of nitrogens with zero attached hydrogens (tertiary/aromatic N) is 4. The van der Waals surface area contributed by atoms with Gasteiger partial charge in [-0.1, -0.05) is 72.8 Å². The number of rotatable bonds is 14. The van der Waals surface area contributed by atoms with E-state index in [0.717, 1.165) is 24.3 Å². The molecule has 2 aromatic heterocycles. The van der Waals surface area contributed by atoms with Crippen LogP contribution in [0.25, 0.3) is 21.8 Å². The summed E-state index contributed by atoms with van der Waals surface area (Å²) in [6.45, 7) is 5.95. The third-order valence-electron chi connectivity index (χ3n) is 16.7. The summed E-state index contributed by atoms with van der Waals surface area (Å²) in [5, 5.41) is 32.4. The van der Waals surface area contributed by atoms with Crippen LogP contribution in [-0.2, 0) is 70.8 Å². The van der Waals surface area contributed by atoms with E-state index in [0.29, 0.717) is 32.9 Å². The van der Waals surface area contributed by atoms with Gasteiger partial charge in [0.25, 0.3) is 43.2 Å². The van der Waals surface area contributed by atoms with Crippen LogP contribution in [0.1, 0.15) is 59.5 Å². The lowest BCUT2D eigenvalue weighted by atomic mass is 9.93. The predicted molar refractivity (Wildman–Crippen MR) is 326 cm³/mol. The summed E-state index contributed by atoms with van der Waals surface area (Å²) in [5.74, 6) is -5.09. The highest BCUT2D eigenvalue weighted by Crippen LogP contribution is 2.41. The van der Waals surface area contributed by atoms with Crippen LogP contribution in [0, 0.1) is 20.2 Å². The Hall–Kier alpha value is -8.68. The Morgan fingerprint density at radius 3 is 1.30 bits per heavy atom. The molecule has 5 aliphatic heterocycles. The van der Waals surface area contributed by atoms with Crippen LogP contribution in [0.15, 0.2) is 168 Å². The SMILES string of the molecule is CC1(C)OC[C@H]2O[C@@H](OCCc3cn(S(=O)(=O)c4ccccc4)c4ccccc34)[C@@H]3NC(=O)c4cc([N+](=O)[O-])ccc4O[C@@H]4[C@@H](NC(=O)c5cc([N+](=O)[O-])ccc5O[C@H]3[C@@H]2O1)[C@H](OCCc1cn(S(=O)(=O)c2ccccc2)c2ccccc12)O[C@@H]1COC(C)(C)O[C@@H]41. The van der Waals surface area contributed by atoms with Crippen LogP contribution in [0.3, 0.4) is 0 Å². The van der Waals surface area contributed by atoms with E-state index >= 15 is 9.59 Å². The third kappa shape index (κ3) is 12.0. The normalized spacial score (nSPS) is 25.3. The van der Waals surface area contributed by atoms with Gasteiger partial charge in [0, 0.05) is 47.4 Å². The molecule has 2 N–H and O–H groups in total. The van der Waals surface area contributed by atoms with Crippen LogP contribution in [-0.4, -0.2) is 146 Å². The fourth-order valence-corrected chi connectivity index (χ4v) is 15.1. The van der Waals surface area contributed by atoms with Crippen molar-refractivity contribution >= 4 is 65.0 Å². The fourth-order valence-electron chi connectivity index (χ4n) is 12.3. The van der Waals surface area contributed by atoms with Crippen molar-refractivity contribution < 1.29 is 83.6 Å². The van der Waals surface area contributed by atoms with Gasteiger partial charge >= 0.3 is 0 Å². The number of fused-ring (bicyclic) bond motifs is 10. The van der Waals surface area contributed by atoms with Crippen LogP contribution in [0.5, 0.6) is 11.5 Å². The van der Waals surface area contributed by atoms with Gasteiger partial charge in [0.2, 0.25) is 0 Å². The number of para-hydroxylation sites is 2. The maximum absolute atomic E-state index is 15.5. The second-order valence-corrected chi connectivity index (χ2v) is 27.2. The highest BCUT2D eigenvalue weighted by molar-refractivity contribution is 7.90. The largest absolute Gasteiger partial charge is 0.484 e. The number of non-ortho nitro benzene ring substituents is 2. The lowest BCUT2D eigenvalue weighted by molar-refractivity contribution is -0.385. The molecular weight excluding hydrogens is 1240 g/mol. The lowest BCUT2D eigenvalue weighted by Gasteiger charge is -2.51. The Labute approximate surface area is 526 Å². The summed E-state index contributed by atoms with van der Waals surface area (Å²) < 4.78 is 124. The molecule has 6 aromatic carbocycles. The monoisotopic (exact) mass is 1300 g/mol. The zero-order chi connectivity index (χ0) is 64.4. The van der Waals surface area contributed by atoms with Crippen molar-refractivity contribution in [3.8, 4) is 11.5 Å². The Morgan fingerprint density at radius 2 is 0.913 bits per heavy atom. The van der Waals surface area contributed by atoms with Crippen LogP contribution in [0.2, 0.25) is 0 Å². The average Bonchev–Trinajstić information content (AvgIpc) is 1.50. The second-order valence-electron chi connectivity index (χ2n) is 23.5. The van der Waals surface area contributed by atoms with Gasteiger partial charge in [-0.25, -0.2) is 24.8 Å². The average molecular weight is 1300 g/mol. The highest BCUT2D eigenvalue weighted by Gasteiger charge is 2.57. The summed E-state index contributed by atoms with van der Waals surface area (Å²) >= 11 is 0. The van der Waals surface area contributed by atoms with Crippen molar-refractivity contribution in [1.29, 1.82) is 0 Å². The molecule has 480 valence electrons. The van der Waals surface area contributed by atoms with Crippen LogP contribution >= 0.6 is 0 Å². The van der Waals surface area contributed by atoms with Gasteiger partial charge in [-0.2, -0.15) is 0 Å². The van der Waals surface area contributed by atoms with Gasteiger partial charge in [-0.15, -0.1) is 0 Å². The molecule has 0 unspecified atom stereocenters. The summed E-state index contributed by atoms with van der Waals surface area (Å²) in [7, 11) is -8.16. The molecule has 7 heterocycles. The Bertz CT molecular complexity index is 4130. The van der Waals surface area contributed by atoms with Gasteiger partial charge in [-0.3, -0.25) is 29.8 Å². The van der Waals surface area contributed by atoms with Gasteiger partial charge in [0.05, 0.1) is 68.2 Å². The smallest absolute Gasteiger partial charge is 0.270 e. The fraction of sp³-hybridized carbons (Fsp3) is 0.344. The first-order valence-electron chi connectivity index (χ1n) is 29.5. The number of benzene rings is 6. The number of ether oxygens (including phenoxy) is 10. The molecule has 10 atom stereocenters. The van der Waals surface area contributed by atoms with Gasteiger partial charge < -0.3 is 58.0 Å². The van der Waals surface area contributed by atoms with E-state index in [1.54, 1.807) is 113 Å². The van der Waals surface area contributed by atoms with E-state index in [4.69, 9.17) is 47.4 Å². The standard InChI is InChI=1S/C64H62N6O20S2/c1-63(2)83-35-51-55(89-63)57-53(61(87-51)81-29-27-37-33-67(47-21-13-11-19-43(37)47)91(77,78)41-15-7-5-8-16-41)65-59(71)46-32-40(70(75)76)24-26-50(46)86-58-54(66-60(72)45-31-39(69(73)74)23-25-49(45)85-57)62(88-52-36-84-64(3,4)90-56(52)58)82-30-28-38-34-68(48-22-14-12-20-44(38)48)92(79,80)42-17-9-6-10-18-42/h5-26,31-34,51-58,61-62H,27-30,35-36H2,1-4H3,(H,65,71)(H,66,72)/t51-,52-,53-,54-,55-,56-,57-,58-,61-,62-/m1/s1. The summed E-state index contributed by atoms with van der Waals surface area (Å²) in [6, 6.07) is 33.5. The van der Waals surface area contributed by atoms with E-state index < -0.39 is 126 Å². The highest BCUT2D eigenvalue weighted by atomic mass is 32.2. The lowest BCUT2D eigenvalue weighted by Crippen LogP contribution is -2.70. The molecule has 0 bridgehead atoms. The second kappa shape index (κ2) is 24.4. The first-order chi connectivity index (χ1) is 44.0. The Kier molecular flexibility index (Phi) is 16.5. The van der Waals surface area contributed by atoms with E-state index in [2.05, 4.69) is 10.6 Å². The molecule has 0 radical (unpaired) electrons. The van der Waals surface area contributed by atoms with E-state index in [9.17, 15) is 37.1 Å². The molecule has 92 heavy (non-hydrogen) atoms. The van der Waals surface area contributed by atoms with E-state index in [-0.39, 0.29) is 71.7 Å². The Morgan fingerprint density at radius 1 is 0.533 bits per heavy atom. The number of nitro benzene ring substituents is 2. The van der Waals surface area contributed by atoms with Gasteiger partial charge in [-0.05, 0) is 100 Å². The predicted octanol–water partition coefficient (Wildman–Crippen LogP) is 7.56. The number of carbonyl (C=O) groups excluding carboxylic acids is 2. The molecule has 26 nitrogen and oxygen atoms in total. The van der Waals surface area contributed by atoms with Crippen molar-refractivity contribution in [2.24, 2.45) is 0 Å². The number of carbonyl (C=O) groups is 2. The summed E-state index contributed by atoms with van der Waals surface area (Å²) in [5.41, 5.74) is 0.155. The molecule has 8 aromatic rings. The number of amides is 2. The molecule has 4 saturated heterocycles. The minimum atomic E-state index is -4.08. The minimum Gasteiger partial charge on any atom is -0.484 e. The van der Waals surface area contributed by atoms with Crippen molar-refractivity contribution in [3.63, 3.8) is 0 Å². The van der Waals surface area contributed by atoms with E-state index in [1.807, 2.05) is 0 Å². The van der Waals surface area contributed by atoms with Gasteiger partial charge in [0.1, 0.15) is 48.0 Å². The van der Waals surface area contributed by atoms with Crippen LogP contribution in [0.4, 0.5) is 11.4 Å². The maximum Gasteiger partial charge on any atom is 0.270 e. The summed E-state index contributed by atoms with van der Waals surface area (Å²) in [6.07, 6.45) is -7.04. The quantitative estimate of drug-likeness (QED) is 0.0783. The third-order valence-corrected chi connectivity index (χ3v) is 20.1. The number of aromatic nitrogens is 2. The van der Waals surface area contributed by atoms with E-state index in [1.165, 1.54) is 56.7 Å². The minimum absolute atomic E-state index is 0.0669. The zero-order valence-corrected chi connectivity index (χ0v) is 51.4. The molecule has 2 amide bonds. The molecule has 0 spiro atoms. The van der Waals surface area contributed by atoms with Crippen molar-refractivity contribution in [3.05, 3.63) is 200 Å². The van der Waals surface area contributed by atoms with Crippen molar-refractivity contribution in [2.75, 3.05) is 26.4 Å². The number of nitro groups is 2. The topological polar surface area (TPSA) is 315 Å². The number of hydrogen-bond acceptors (Lipinski definition) is 20. The molecule has 13 rings (SSSR count). The molecule has 4 fully saturated rings. The van der Waals surface area contributed by atoms with Crippen molar-refractivity contribution in [1.82, 2.24) is 18.6 Å². The molecule has 0 saturated carbocycles. The van der Waals surface area contributed by atoms with Crippen molar-refractivity contribution in [2.45, 2.75) is 123 Å². The molecule has 28 heteroatoms. The van der Waals surface area contributed by atoms with Crippen LogP contribution < -0.4 is 20.1 Å². The molecular formula is C64H62N6O20S2. The maximum atomic E-state index is 15.5. The Balaban J connectivity index is 0.889. The molecule has 0 aliphatic carbocycles. The zero-order valence-electron chi connectivity index (χ0n) is 49.8. The number of nitrogens with one attached hydrogen (secondary N) is 2. The van der Waals surface area contributed by atoms with Gasteiger partial charge in [0.15, 0.2) is 36.4 Å². The first-order valence-corrected chi connectivity index (χ1v) is 32.4. The first kappa shape index (κ1) is 62.1. The molecule has 5 aliphatic rings.